The quantitative estimate of drug-likeness (QED) is 0.641. The van der Waals surface area contributed by atoms with Gasteiger partial charge in [-0.1, -0.05) is 42.5 Å². The van der Waals surface area contributed by atoms with Crippen LogP contribution in [0.25, 0.3) is 0 Å². The highest BCUT2D eigenvalue weighted by Gasteiger charge is 2.25. The molecule has 90 valence electrons. The minimum atomic E-state index is -0.690. The van der Waals surface area contributed by atoms with E-state index in [4.69, 9.17) is 10.5 Å². The molecule has 0 spiro atoms. The van der Waals surface area contributed by atoms with Crippen LogP contribution in [0.5, 0.6) is 0 Å². The Balaban J connectivity index is 1.94. The number of rotatable bonds is 3. The number of carbonyl (C=O) groups is 1. The summed E-state index contributed by atoms with van der Waals surface area (Å²) in [5.74, 6) is -0.351. The Morgan fingerprint density at radius 3 is 2.71 bits per heavy atom. The van der Waals surface area contributed by atoms with Crippen LogP contribution in [-0.4, -0.2) is 12.1 Å². The van der Waals surface area contributed by atoms with E-state index >= 15 is 0 Å². The Hall–Kier alpha value is -1.61. The van der Waals surface area contributed by atoms with Gasteiger partial charge in [0.15, 0.2) is 0 Å². The van der Waals surface area contributed by atoms with Crippen LogP contribution in [0.4, 0.5) is 0 Å². The molecule has 0 saturated heterocycles. The monoisotopic (exact) mass is 231 g/mol. The Bertz CT molecular complexity index is 413. The molecule has 17 heavy (non-hydrogen) atoms. The molecule has 1 saturated carbocycles. The van der Waals surface area contributed by atoms with Crippen LogP contribution >= 0.6 is 0 Å². The van der Waals surface area contributed by atoms with Crippen LogP contribution in [0, 0.1) is 0 Å². The maximum absolute atomic E-state index is 11.8. The van der Waals surface area contributed by atoms with Gasteiger partial charge >= 0.3 is 5.97 Å². The van der Waals surface area contributed by atoms with Gasteiger partial charge in [0.1, 0.15) is 12.1 Å². The molecule has 0 bridgehead atoms. The molecule has 1 aliphatic rings. The summed E-state index contributed by atoms with van der Waals surface area (Å²) in [6.07, 6.45) is 2.54. The van der Waals surface area contributed by atoms with Gasteiger partial charge in [-0.25, -0.2) is 4.79 Å². The molecule has 2 N–H and O–H groups in total. The molecular weight excluding hydrogens is 214 g/mol. The fourth-order valence-electron chi connectivity index (χ4n) is 2.03. The predicted octanol–water partition coefficient (Wildman–Crippen LogP) is 2.34. The van der Waals surface area contributed by atoms with Crippen LogP contribution in [0.2, 0.25) is 0 Å². The second kappa shape index (κ2) is 5.15. The Morgan fingerprint density at radius 2 is 2.12 bits per heavy atom. The maximum atomic E-state index is 11.8. The highest BCUT2D eigenvalue weighted by Crippen LogP contribution is 2.26. The maximum Gasteiger partial charge on any atom is 0.327 e. The highest BCUT2D eigenvalue weighted by molar-refractivity contribution is 5.77. The summed E-state index contributed by atoms with van der Waals surface area (Å²) in [6.45, 7) is 3.89. The minimum absolute atomic E-state index is 0.0373. The third kappa shape index (κ3) is 2.94. The molecule has 1 aromatic rings. The van der Waals surface area contributed by atoms with E-state index in [0.29, 0.717) is 0 Å². The van der Waals surface area contributed by atoms with Gasteiger partial charge in [-0.05, 0) is 18.4 Å². The van der Waals surface area contributed by atoms with Gasteiger partial charge < -0.3 is 10.5 Å². The summed E-state index contributed by atoms with van der Waals surface area (Å²) >= 11 is 0. The first-order valence-corrected chi connectivity index (χ1v) is 5.84. The summed E-state index contributed by atoms with van der Waals surface area (Å²) in [6, 6.07) is 8.59. The standard InChI is InChI=1S/C14H17NO2/c1-10-7-8-12(9-10)17-14(16)13(15)11-5-3-2-4-6-11/h2-6,12-13H,1,7-9,15H2/t12-,13+/m0/s1. The molecule has 0 aromatic heterocycles. The lowest BCUT2D eigenvalue weighted by Gasteiger charge is -2.15. The molecule has 2 rings (SSSR count). The molecule has 3 nitrogen and oxygen atoms in total. The van der Waals surface area contributed by atoms with Crippen molar-refractivity contribution in [1.82, 2.24) is 0 Å². The lowest BCUT2D eigenvalue weighted by atomic mass is 10.1. The van der Waals surface area contributed by atoms with Crippen LogP contribution < -0.4 is 5.73 Å². The third-order valence-corrected chi connectivity index (χ3v) is 3.03. The zero-order chi connectivity index (χ0) is 12.3. The first-order chi connectivity index (χ1) is 8.16. The number of carbonyl (C=O) groups excluding carboxylic acids is 1. The van der Waals surface area contributed by atoms with E-state index in [1.54, 1.807) is 0 Å². The molecule has 1 aromatic carbocycles. The molecule has 0 heterocycles. The molecule has 1 fully saturated rings. The first-order valence-electron chi connectivity index (χ1n) is 5.84. The molecule has 0 unspecified atom stereocenters. The van der Waals surface area contributed by atoms with Gasteiger partial charge in [-0.2, -0.15) is 0 Å². The van der Waals surface area contributed by atoms with Crippen molar-refractivity contribution in [2.24, 2.45) is 5.73 Å². The SMILES string of the molecule is C=C1CC[C@H](OC(=O)[C@H](N)c2ccccc2)C1. The number of ether oxygens (including phenoxy) is 1. The highest BCUT2D eigenvalue weighted by atomic mass is 16.5. The fraction of sp³-hybridized carbons (Fsp3) is 0.357. The second-order valence-corrected chi connectivity index (χ2v) is 4.44. The molecule has 2 atom stereocenters. The minimum Gasteiger partial charge on any atom is -0.461 e. The molecule has 0 radical (unpaired) electrons. The Kier molecular flexibility index (Phi) is 3.59. The summed E-state index contributed by atoms with van der Waals surface area (Å²) < 4.78 is 5.37. The normalized spacial score (nSPS) is 21.2. The molecule has 1 aliphatic carbocycles. The van der Waals surface area contributed by atoms with Gasteiger partial charge in [0.05, 0.1) is 0 Å². The van der Waals surface area contributed by atoms with Crippen LogP contribution in [0.15, 0.2) is 42.5 Å². The summed E-state index contributed by atoms with van der Waals surface area (Å²) in [7, 11) is 0. The van der Waals surface area contributed by atoms with Crippen molar-refractivity contribution in [2.75, 3.05) is 0 Å². The smallest absolute Gasteiger partial charge is 0.327 e. The van der Waals surface area contributed by atoms with Gasteiger partial charge in [0.2, 0.25) is 0 Å². The average Bonchev–Trinajstić information content (AvgIpc) is 2.75. The fourth-order valence-corrected chi connectivity index (χ4v) is 2.03. The Morgan fingerprint density at radius 1 is 1.41 bits per heavy atom. The van der Waals surface area contributed by atoms with Crippen molar-refractivity contribution in [3.8, 4) is 0 Å². The molecule has 0 amide bonds. The Labute approximate surface area is 101 Å². The average molecular weight is 231 g/mol. The zero-order valence-corrected chi connectivity index (χ0v) is 9.76. The number of hydrogen-bond acceptors (Lipinski definition) is 3. The van der Waals surface area contributed by atoms with E-state index in [1.165, 1.54) is 0 Å². The van der Waals surface area contributed by atoms with Crippen molar-refractivity contribution in [2.45, 2.75) is 31.4 Å². The van der Waals surface area contributed by atoms with Gasteiger partial charge in [-0.3, -0.25) is 0 Å². The van der Waals surface area contributed by atoms with Crippen molar-refractivity contribution < 1.29 is 9.53 Å². The number of nitrogens with two attached hydrogens (primary N) is 1. The van der Waals surface area contributed by atoms with Crippen molar-refractivity contribution in [3.63, 3.8) is 0 Å². The number of esters is 1. The molecular formula is C14H17NO2. The summed E-state index contributed by atoms with van der Waals surface area (Å²) in [5.41, 5.74) is 7.79. The molecule has 3 heteroatoms. The number of benzene rings is 1. The van der Waals surface area contributed by atoms with Gasteiger partial charge in [0, 0.05) is 6.42 Å². The van der Waals surface area contributed by atoms with Gasteiger partial charge in [0.25, 0.3) is 0 Å². The van der Waals surface area contributed by atoms with Gasteiger partial charge in [-0.15, -0.1) is 0 Å². The topological polar surface area (TPSA) is 52.3 Å². The van der Waals surface area contributed by atoms with Crippen molar-refractivity contribution >= 4 is 5.97 Å². The van der Waals surface area contributed by atoms with Crippen LogP contribution in [0.3, 0.4) is 0 Å². The third-order valence-electron chi connectivity index (χ3n) is 3.03. The number of hydrogen-bond donors (Lipinski definition) is 1. The lowest BCUT2D eigenvalue weighted by molar-refractivity contribution is -0.150. The zero-order valence-electron chi connectivity index (χ0n) is 9.76. The lowest BCUT2D eigenvalue weighted by Crippen LogP contribution is -2.27. The van der Waals surface area contributed by atoms with E-state index in [0.717, 1.165) is 30.4 Å². The van der Waals surface area contributed by atoms with E-state index in [-0.39, 0.29) is 12.1 Å². The second-order valence-electron chi connectivity index (χ2n) is 4.44. The summed E-state index contributed by atoms with van der Waals surface area (Å²) in [4.78, 5) is 11.8. The van der Waals surface area contributed by atoms with E-state index in [2.05, 4.69) is 6.58 Å². The van der Waals surface area contributed by atoms with E-state index in [1.807, 2.05) is 30.3 Å². The van der Waals surface area contributed by atoms with E-state index < -0.39 is 6.04 Å². The first kappa shape index (κ1) is 11.9. The van der Waals surface area contributed by atoms with Crippen LogP contribution in [-0.2, 0) is 9.53 Å². The summed E-state index contributed by atoms with van der Waals surface area (Å²) in [5, 5.41) is 0. The van der Waals surface area contributed by atoms with Crippen molar-refractivity contribution in [3.05, 3.63) is 48.0 Å². The van der Waals surface area contributed by atoms with Crippen molar-refractivity contribution in [1.29, 1.82) is 0 Å². The largest absolute Gasteiger partial charge is 0.461 e. The molecule has 0 aliphatic heterocycles. The van der Waals surface area contributed by atoms with E-state index in [9.17, 15) is 4.79 Å². The predicted molar refractivity (Wildman–Crippen MR) is 66.2 cm³/mol. The van der Waals surface area contributed by atoms with Crippen LogP contribution in [0.1, 0.15) is 30.9 Å².